The highest BCUT2D eigenvalue weighted by Crippen LogP contribution is 2.23. The van der Waals surface area contributed by atoms with Crippen molar-refractivity contribution in [2.24, 2.45) is 7.05 Å². The molecule has 1 aromatic heterocycles. The summed E-state index contributed by atoms with van der Waals surface area (Å²) in [5, 5.41) is 2.98. The Balaban J connectivity index is 2.15. The molecule has 0 spiro atoms. The van der Waals surface area contributed by atoms with Gasteiger partial charge in [-0.15, -0.1) is 4.68 Å². The highest BCUT2D eigenvalue weighted by Gasteiger charge is 2.17. The van der Waals surface area contributed by atoms with Crippen LogP contribution in [-0.4, -0.2) is 11.1 Å². The second kappa shape index (κ2) is 6.70. The van der Waals surface area contributed by atoms with Gasteiger partial charge in [0.1, 0.15) is 0 Å². The fraction of sp³-hybridized carbons (Fsp3) is 0.167. The normalized spacial score (nSPS) is 10.5. The lowest BCUT2D eigenvalue weighted by Crippen LogP contribution is -2.34. The van der Waals surface area contributed by atoms with Gasteiger partial charge in [-0.05, 0) is 79.9 Å². The third-order valence-electron chi connectivity index (χ3n) is 2.54. The van der Waals surface area contributed by atoms with Gasteiger partial charge in [-0.3, -0.25) is 0 Å². The first-order valence-electron chi connectivity index (χ1n) is 5.33. The first-order valence-corrected chi connectivity index (χ1v) is 8.56. The second-order valence-corrected chi connectivity index (χ2v) is 7.32. The van der Waals surface area contributed by atoms with E-state index < -0.39 is 0 Å². The van der Waals surface area contributed by atoms with Gasteiger partial charge in [-0.1, -0.05) is 0 Å². The number of nitrogens with one attached hydrogen (secondary N) is 1. The number of hydrogen-bond acceptors (Lipinski definition) is 2. The van der Waals surface area contributed by atoms with E-state index in [9.17, 15) is 4.79 Å². The number of aryl methyl sites for hydroxylation is 1. The van der Waals surface area contributed by atoms with Gasteiger partial charge in [0.05, 0.1) is 11.8 Å². The second-order valence-electron chi connectivity index (χ2n) is 3.84. The van der Waals surface area contributed by atoms with Crippen LogP contribution in [0.4, 0.5) is 0 Å². The molecule has 4 nitrogen and oxygen atoms in total. The Morgan fingerprint density at radius 2 is 2.11 bits per heavy atom. The third kappa shape index (κ3) is 3.80. The molecule has 0 amide bonds. The molecule has 100 valence electrons. The minimum Gasteiger partial charge on any atom is -0.451 e. The molecule has 0 bridgehead atoms. The van der Waals surface area contributed by atoms with E-state index in [1.807, 2.05) is 29.9 Å². The van der Waals surface area contributed by atoms with E-state index in [-0.39, 0.29) is 12.6 Å². The smallest absolute Gasteiger partial charge is 0.339 e. The van der Waals surface area contributed by atoms with Gasteiger partial charge < -0.3 is 4.74 Å². The van der Waals surface area contributed by atoms with Gasteiger partial charge in [-0.25, -0.2) is 4.79 Å². The van der Waals surface area contributed by atoms with Crippen molar-refractivity contribution in [3.63, 3.8) is 0 Å². The number of H-pyrrole nitrogens is 1. The van der Waals surface area contributed by atoms with Crippen molar-refractivity contribution < 1.29 is 14.2 Å². The maximum Gasteiger partial charge on any atom is 0.339 e. The number of carbonyl (C=O) groups is 1. The Kier molecular flexibility index (Phi) is 5.45. The van der Waals surface area contributed by atoms with Crippen LogP contribution in [0.15, 0.2) is 24.4 Å². The summed E-state index contributed by atoms with van der Waals surface area (Å²) in [7, 11) is 1.88. The van der Waals surface area contributed by atoms with Gasteiger partial charge in [0, 0.05) is 16.8 Å². The van der Waals surface area contributed by atoms with Crippen LogP contribution in [0.2, 0.25) is 0 Å². The molecule has 0 atom stereocenters. The molecule has 19 heavy (non-hydrogen) atoms. The van der Waals surface area contributed by atoms with Crippen molar-refractivity contribution >= 4 is 73.7 Å². The fourth-order valence-corrected chi connectivity index (χ4v) is 3.88. The summed E-state index contributed by atoms with van der Waals surface area (Å²) in [5.74, 6) is -0.290. The molecule has 2 rings (SSSR count). The van der Waals surface area contributed by atoms with Gasteiger partial charge in [0.25, 0.3) is 0 Å². The minimum absolute atomic E-state index is 0.261. The molecule has 0 aliphatic heterocycles. The number of aromatic nitrogens is 2. The van der Waals surface area contributed by atoms with Crippen LogP contribution in [0.25, 0.3) is 0 Å². The van der Waals surface area contributed by atoms with E-state index in [4.69, 9.17) is 4.74 Å². The van der Waals surface area contributed by atoms with Crippen molar-refractivity contribution in [3.05, 3.63) is 46.4 Å². The van der Waals surface area contributed by atoms with Crippen LogP contribution in [0.1, 0.15) is 16.1 Å². The predicted octanol–water partition coefficient (Wildman–Crippen LogP) is 3.01. The summed E-state index contributed by atoms with van der Waals surface area (Å²) in [6, 6.07) is 5.77. The highest BCUT2D eigenvalue weighted by atomic mass is 127. The zero-order valence-corrected chi connectivity index (χ0v) is 16.4. The number of nitrogens with zero attached hydrogens (tertiary/aromatic N) is 1. The van der Waals surface area contributed by atoms with Crippen molar-refractivity contribution in [2.75, 3.05) is 0 Å². The zero-order valence-electron chi connectivity index (χ0n) is 9.91. The molecule has 7 heteroatoms. The lowest BCUT2D eigenvalue weighted by molar-refractivity contribution is -0.735. The molecule has 0 unspecified atom stereocenters. The van der Waals surface area contributed by atoms with E-state index in [0.717, 1.165) is 16.4 Å². The monoisotopic (exact) mass is 595 g/mol. The number of ether oxygens (including phenoxy) is 1. The van der Waals surface area contributed by atoms with Gasteiger partial charge in [-0.2, -0.15) is 5.10 Å². The number of halogens is 3. The van der Waals surface area contributed by atoms with Crippen LogP contribution in [0.3, 0.4) is 0 Å². The molecular formula is C12H10I3N2O2+. The molecule has 0 radical (unpaired) electrons. The largest absolute Gasteiger partial charge is 0.451 e. The summed E-state index contributed by atoms with van der Waals surface area (Å²) in [5.41, 5.74) is 1.54. The molecule has 0 saturated heterocycles. The number of hydrogen-bond donors (Lipinski definition) is 1. The SMILES string of the molecule is C[n+]1[nH]ccc1COC(=O)c1cc(I)cc(I)c1I. The van der Waals surface area contributed by atoms with Gasteiger partial charge >= 0.3 is 5.97 Å². The number of carbonyl (C=O) groups excluding carboxylic acids is 1. The standard InChI is InChI=1S/C12H9I3N2O2/c1-17-8(2-3-16-17)6-19-12(18)9-4-7(13)5-10(14)11(9)15/h2-5H,6H2,1H3/p+1. The van der Waals surface area contributed by atoms with Crippen LogP contribution >= 0.6 is 67.8 Å². The van der Waals surface area contributed by atoms with Crippen molar-refractivity contribution in [1.82, 2.24) is 5.10 Å². The van der Waals surface area contributed by atoms with Gasteiger partial charge in [0.15, 0.2) is 13.7 Å². The fourth-order valence-electron chi connectivity index (χ4n) is 1.51. The summed E-state index contributed by atoms with van der Waals surface area (Å²) in [4.78, 5) is 12.1. The predicted molar refractivity (Wildman–Crippen MR) is 95.7 cm³/mol. The summed E-state index contributed by atoms with van der Waals surface area (Å²) >= 11 is 6.60. The Morgan fingerprint density at radius 3 is 2.74 bits per heavy atom. The molecule has 2 aromatic rings. The number of benzene rings is 1. The Bertz CT molecular complexity index is 625. The first kappa shape index (κ1) is 15.5. The Labute approximate surface area is 151 Å². The van der Waals surface area contributed by atoms with Crippen LogP contribution in [0, 0.1) is 10.7 Å². The van der Waals surface area contributed by atoms with E-state index in [2.05, 4.69) is 72.9 Å². The van der Waals surface area contributed by atoms with Crippen molar-refractivity contribution in [2.45, 2.75) is 6.61 Å². The van der Waals surface area contributed by atoms with Crippen LogP contribution < -0.4 is 4.68 Å². The van der Waals surface area contributed by atoms with Crippen molar-refractivity contribution in [1.29, 1.82) is 0 Å². The van der Waals surface area contributed by atoms with Crippen LogP contribution in [0.5, 0.6) is 0 Å². The minimum atomic E-state index is -0.290. The number of aromatic amines is 1. The average Bonchev–Trinajstić information content (AvgIpc) is 2.76. The van der Waals surface area contributed by atoms with E-state index >= 15 is 0 Å². The van der Waals surface area contributed by atoms with Crippen molar-refractivity contribution in [3.8, 4) is 0 Å². The molecule has 0 saturated carbocycles. The number of rotatable bonds is 3. The Morgan fingerprint density at radius 1 is 1.37 bits per heavy atom. The topological polar surface area (TPSA) is 46.0 Å². The highest BCUT2D eigenvalue weighted by molar-refractivity contribution is 14.1. The zero-order chi connectivity index (χ0) is 14.0. The molecule has 0 aliphatic rings. The molecule has 0 aliphatic carbocycles. The summed E-state index contributed by atoms with van der Waals surface area (Å²) in [6.07, 6.45) is 1.81. The van der Waals surface area contributed by atoms with E-state index in [0.29, 0.717) is 5.56 Å². The number of esters is 1. The summed E-state index contributed by atoms with van der Waals surface area (Å²) < 4.78 is 10.2. The Hall–Kier alpha value is 0.0900. The maximum absolute atomic E-state index is 12.1. The van der Waals surface area contributed by atoms with Gasteiger partial charge in [0.2, 0.25) is 5.69 Å². The quantitative estimate of drug-likeness (QED) is 0.257. The lowest BCUT2D eigenvalue weighted by atomic mass is 10.2. The van der Waals surface area contributed by atoms with E-state index in [1.54, 1.807) is 6.20 Å². The summed E-state index contributed by atoms with van der Waals surface area (Å²) in [6.45, 7) is 0.261. The van der Waals surface area contributed by atoms with Crippen LogP contribution in [-0.2, 0) is 18.4 Å². The average molecular weight is 595 g/mol. The van der Waals surface area contributed by atoms with E-state index in [1.165, 1.54) is 0 Å². The molecule has 1 aromatic carbocycles. The maximum atomic E-state index is 12.1. The molecule has 0 fully saturated rings. The molecular weight excluding hydrogens is 585 g/mol. The molecule has 1 N–H and O–H groups in total. The first-order chi connectivity index (χ1) is 8.99. The third-order valence-corrected chi connectivity index (χ3v) is 6.21. The lowest BCUT2D eigenvalue weighted by Gasteiger charge is -2.07. The molecule has 1 heterocycles.